The largest absolute Gasteiger partial charge is 0.455 e. The average Bonchev–Trinajstić information content (AvgIpc) is 3.36. The molecule has 14 atom stereocenters. The van der Waals surface area contributed by atoms with Crippen molar-refractivity contribution in [3.63, 3.8) is 0 Å². The summed E-state index contributed by atoms with van der Waals surface area (Å²) >= 11 is 0. The number of benzene rings is 1. The highest BCUT2D eigenvalue weighted by molar-refractivity contribution is 5.89. The van der Waals surface area contributed by atoms with E-state index in [-0.39, 0.29) is 35.8 Å². The third kappa shape index (κ3) is 3.08. The van der Waals surface area contributed by atoms with Crippen LogP contribution in [0.3, 0.4) is 0 Å². The number of hydrogen-bond donors (Lipinski definition) is 3. The van der Waals surface area contributed by atoms with Gasteiger partial charge in [-0.05, 0) is 44.4 Å². The van der Waals surface area contributed by atoms with Gasteiger partial charge < -0.3 is 43.9 Å². The molecule has 3 N–H and O–H groups in total. The van der Waals surface area contributed by atoms with E-state index in [4.69, 9.17) is 23.7 Å². The molecule has 6 aliphatic rings. The van der Waals surface area contributed by atoms with Gasteiger partial charge in [-0.15, -0.1) is 0 Å². The second-order valence-corrected chi connectivity index (χ2v) is 13.6. The fraction of sp³-hybridized carbons (Fsp3) is 0.774. The maximum atomic E-state index is 13.5. The topological polar surface area (TPSA) is 127 Å². The summed E-state index contributed by atoms with van der Waals surface area (Å²) in [4.78, 5) is 15.8. The molecule has 5 aliphatic carbocycles. The van der Waals surface area contributed by atoms with E-state index in [0.717, 1.165) is 19.4 Å². The van der Waals surface area contributed by atoms with E-state index < -0.39 is 58.8 Å². The summed E-state index contributed by atoms with van der Waals surface area (Å²) in [5.41, 5.74) is -3.95. The van der Waals surface area contributed by atoms with Crippen molar-refractivity contribution >= 4 is 5.97 Å². The lowest BCUT2D eigenvalue weighted by Crippen LogP contribution is -2.79. The number of likely N-dealkylation sites (tertiary alicyclic amines) is 1. The lowest BCUT2D eigenvalue weighted by molar-refractivity contribution is -0.313. The number of esters is 1. The van der Waals surface area contributed by atoms with E-state index in [1.807, 2.05) is 6.07 Å². The highest BCUT2D eigenvalue weighted by Crippen LogP contribution is 2.80. The van der Waals surface area contributed by atoms with Crippen LogP contribution in [0.5, 0.6) is 0 Å². The summed E-state index contributed by atoms with van der Waals surface area (Å²) in [7, 11) is 8.65. The molecule has 1 saturated heterocycles. The van der Waals surface area contributed by atoms with Gasteiger partial charge in [-0.2, -0.15) is 0 Å². The molecule has 0 amide bonds. The minimum atomic E-state index is -1.76. The third-order valence-corrected chi connectivity index (χ3v) is 12.5. The van der Waals surface area contributed by atoms with Crippen LogP contribution in [0, 0.1) is 34.5 Å². The fourth-order valence-corrected chi connectivity index (χ4v) is 11.8. The summed E-state index contributed by atoms with van der Waals surface area (Å²) in [6.07, 6.45) is -2.45. The second kappa shape index (κ2) is 9.19. The van der Waals surface area contributed by atoms with Gasteiger partial charge in [-0.25, -0.2) is 4.79 Å². The Morgan fingerprint density at radius 1 is 1.02 bits per heavy atom. The summed E-state index contributed by atoms with van der Waals surface area (Å²) < 4.78 is 30.6. The van der Waals surface area contributed by atoms with Crippen LogP contribution in [-0.4, -0.2) is 123 Å². The highest BCUT2D eigenvalue weighted by Gasteiger charge is 2.90. The predicted octanol–water partition coefficient (Wildman–Crippen LogP) is 0.716. The second-order valence-electron chi connectivity index (χ2n) is 13.6. The number of fused-ring (bicyclic) bond motifs is 2. The number of rotatable bonds is 7. The molecule has 0 radical (unpaired) electrons. The van der Waals surface area contributed by atoms with Gasteiger partial charge in [0.15, 0.2) is 0 Å². The summed E-state index contributed by atoms with van der Waals surface area (Å²) in [5.74, 6) is -2.30. The number of methoxy groups -OCH3 is 4. The van der Waals surface area contributed by atoms with Crippen LogP contribution < -0.4 is 0 Å². The zero-order chi connectivity index (χ0) is 29.1. The number of aliphatic hydroxyl groups excluding tert-OH is 1. The van der Waals surface area contributed by atoms with Gasteiger partial charge in [0.2, 0.25) is 0 Å². The molecule has 4 unspecified atom stereocenters. The molecule has 226 valence electrons. The van der Waals surface area contributed by atoms with Crippen LogP contribution >= 0.6 is 0 Å². The van der Waals surface area contributed by atoms with E-state index in [2.05, 4.69) is 11.9 Å². The van der Waals surface area contributed by atoms with Crippen LogP contribution in [-0.2, 0) is 23.7 Å². The zero-order valence-corrected chi connectivity index (χ0v) is 24.4. The van der Waals surface area contributed by atoms with Gasteiger partial charge >= 0.3 is 5.97 Å². The van der Waals surface area contributed by atoms with Crippen molar-refractivity contribution in [1.82, 2.24) is 4.90 Å². The molecular formula is C31H43NO9. The van der Waals surface area contributed by atoms with Crippen molar-refractivity contribution < 1.29 is 43.8 Å². The van der Waals surface area contributed by atoms with Gasteiger partial charge in [0, 0.05) is 69.6 Å². The molecule has 1 aromatic rings. The van der Waals surface area contributed by atoms with Gasteiger partial charge in [-0.3, -0.25) is 0 Å². The van der Waals surface area contributed by atoms with E-state index in [1.54, 1.807) is 45.6 Å². The minimum Gasteiger partial charge on any atom is -0.455 e. The Morgan fingerprint density at radius 2 is 1.76 bits per heavy atom. The van der Waals surface area contributed by atoms with Crippen LogP contribution in [0.25, 0.3) is 0 Å². The maximum Gasteiger partial charge on any atom is 0.338 e. The van der Waals surface area contributed by atoms with Gasteiger partial charge in [0.05, 0.1) is 24.4 Å². The molecule has 1 aromatic carbocycles. The van der Waals surface area contributed by atoms with Crippen LogP contribution in [0.4, 0.5) is 0 Å². The van der Waals surface area contributed by atoms with Crippen molar-refractivity contribution in [2.45, 2.75) is 67.0 Å². The lowest BCUT2D eigenvalue weighted by atomic mass is 9.43. The maximum absolute atomic E-state index is 13.5. The molecule has 0 aromatic heterocycles. The Labute approximate surface area is 240 Å². The van der Waals surface area contributed by atoms with E-state index in [0.29, 0.717) is 12.2 Å². The van der Waals surface area contributed by atoms with Crippen molar-refractivity contribution in [3.05, 3.63) is 35.9 Å². The number of nitrogens with zero attached hydrogens (tertiary/aromatic N) is 1. The van der Waals surface area contributed by atoms with Crippen LogP contribution in [0.2, 0.25) is 0 Å². The van der Waals surface area contributed by atoms with Crippen LogP contribution in [0.1, 0.15) is 29.6 Å². The van der Waals surface area contributed by atoms with Gasteiger partial charge in [0.1, 0.15) is 29.5 Å². The summed E-state index contributed by atoms with van der Waals surface area (Å²) in [6.45, 7) is 1.29. The van der Waals surface area contributed by atoms with Crippen molar-refractivity contribution in [3.8, 4) is 0 Å². The Hall–Kier alpha value is -1.63. The Morgan fingerprint density at radius 3 is 2.39 bits per heavy atom. The highest BCUT2D eigenvalue weighted by atomic mass is 16.6. The molecule has 1 aliphatic heterocycles. The first-order valence-corrected chi connectivity index (χ1v) is 14.8. The molecule has 5 saturated carbocycles. The number of piperidine rings is 1. The first kappa shape index (κ1) is 28.2. The molecule has 10 heteroatoms. The Kier molecular flexibility index (Phi) is 6.31. The standard InChI is InChI=1S/C31H43NO9/c1-32-14-28(15-37-2)12-11-18(38-3)30-17-13-29(35)25(41-27(34)16-9-7-6-8-10-16)19(17)31(36,24(33)26(29)40-5)20(23(30)32)21(39-4)22(28)30/h6-10,17-26,33,35-36H,11-15H2,1-5H3/t17-,18+,19-,20?,21?,22-,23?,24+,25-,26+,28+,29-,30?,31-/m1/s1. The fourth-order valence-electron chi connectivity index (χ4n) is 11.8. The van der Waals surface area contributed by atoms with E-state index in [9.17, 15) is 20.1 Å². The monoisotopic (exact) mass is 573 g/mol. The molecule has 1 heterocycles. The summed E-state index contributed by atoms with van der Waals surface area (Å²) in [6, 6.07) is 8.46. The molecule has 10 nitrogen and oxygen atoms in total. The van der Waals surface area contributed by atoms with Crippen molar-refractivity contribution in [2.24, 2.45) is 34.5 Å². The number of carbonyl (C=O) groups excluding carboxylic acids is 1. The number of aliphatic hydroxyl groups is 3. The zero-order valence-electron chi connectivity index (χ0n) is 24.4. The quantitative estimate of drug-likeness (QED) is 0.402. The third-order valence-electron chi connectivity index (χ3n) is 12.5. The molecular weight excluding hydrogens is 530 g/mol. The predicted molar refractivity (Wildman–Crippen MR) is 145 cm³/mol. The molecule has 7 bridgehead atoms. The number of carbonyl (C=O) groups is 1. The van der Waals surface area contributed by atoms with Crippen molar-refractivity contribution in [1.29, 1.82) is 0 Å². The van der Waals surface area contributed by atoms with Gasteiger partial charge in [-0.1, -0.05) is 18.2 Å². The van der Waals surface area contributed by atoms with E-state index >= 15 is 0 Å². The Bertz CT molecular complexity index is 1200. The summed E-state index contributed by atoms with van der Waals surface area (Å²) in [5, 5.41) is 37.6. The van der Waals surface area contributed by atoms with Crippen LogP contribution in [0.15, 0.2) is 30.3 Å². The van der Waals surface area contributed by atoms with Gasteiger partial charge in [0.25, 0.3) is 0 Å². The number of ether oxygens (including phenoxy) is 5. The Balaban J connectivity index is 1.46. The lowest BCUT2D eigenvalue weighted by Gasteiger charge is -2.69. The smallest absolute Gasteiger partial charge is 0.338 e. The first-order valence-electron chi connectivity index (χ1n) is 14.8. The van der Waals surface area contributed by atoms with E-state index in [1.165, 1.54) is 7.11 Å². The SMILES string of the molecule is COC[C@@]12CC[C@H](OC)C34C(C(C(OC)[C@@H]31)[C@]1(O)[C@@H]3[C@H]4C[C@@](O)([C@@H]3OC(=O)c3ccccc3)[C@@H](OC)[C@@H]1O)N(C)C2. The molecule has 6 fully saturated rings. The molecule has 7 rings (SSSR count). The first-order chi connectivity index (χ1) is 19.6. The van der Waals surface area contributed by atoms with Crippen molar-refractivity contribution in [2.75, 3.05) is 48.6 Å². The molecule has 1 spiro atoms. The normalized spacial score (nSPS) is 52.9. The number of hydrogen-bond acceptors (Lipinski definition) is 10. The minimum absolute atomic E-state index is 0.0644. The average molecular weight is 574 g/mol. The molecule has 41 heavy (non-hydrogen) atoms.